The van der Waals surface area contributed by atoms with Crippen LogP contribution in [-0.4, -0.2) is 51.1 Å². The molecule has 1 aliphatic heterocycles. The number of benzene rings is 4. The second-order valence-electron chi connectivity index (χ2n) is 11.7. The average molecular weight is 557 g/mol. The van der Waals surface area contributed by atoms with Crippen molar-refractivity contribution < 1.29 is 4.74 Å². The molecule has 0 unspecified atom stereocenters. The minimum Gasteiger partial charge on any atom is -0.488 e. The van der Waals surface area contributed by atoms with Crippen molar-refractivity contribution in [2.24, 2.45) is 0 Å². The molecular weight excluding hydrogens is 512 g/mol. The Morgan fingerprint density at radius 2 is 0.929 bits per heavy atom. The lowest BCUT2D eigenvalue weighted by Crippen LogP contribution is -2.12. The first-order valence-electron chi connectivity index (χ1n) is 15.2. The quantitative estimate of drug-likeness (QED) is 0.238. The van der Waals surface area contributed by atoms with Crippen LogP contribution in [0.5, 0.6) is 5.75 Å². The van der Waals surface area contributed by atoms with Crippen LogP contribution in [0.25, 0.3) is 11.1 Å². The molecule has 6 rings (SSSR count). The Hall–Kier alpha value is -3.92. The highest BCUT2D eigenvalue weighted by molar-refractivity contribution is 5.85. The van der Waals surface area contributed by atoms with Gasteiger partial charge in [-0.15, -0.1) is 0 Å². The van der Waals surface area contributed by atoms with Crippen LogP contribution < -0.4 is 4.74 Å². The van der Waals surface area contributed by atoms with Gasteiger partial charge in [-0.25, -0.2) is 0 Å². The molecule has 2 aliphatic rings. The van der Waals surface area contributed by atoms with E-state index in [1.165, 1.54) is 50.1 Å². The molecule has 0 N–H and O–H groups in total. The predicted molar refractivity (Wildman–Crippen MR) is 178 cm³/mol. The first-order valence-corrected chi connectivity index (χ1v) is 15.2. The maximum atomic E-state index is 5.98. The highest BCUT2D eigenvalue weighted by Gasteiger charge is 2.18. The van der Waals surface area contributed by atoms with Crippen molar-refractivity contribution >= 4 is 11.1 Å². The zero-order chi connectivity index (χ0) is 29.3. The summed E-state index contributed by atoms with van der Waals surface area (Å²) in [7, 11) is 8.48. The van der Waals surface area contributed by atoms with E-state index in [1.54, 1.807) is 0 Å². The van der Waals surface area contributed by atoms with Crippen LogP contribution in [0, 0.1) is 0 Å². The van der Waals surface area contributed by atoms with Gasteiger partial charge in [-0.2, -0.15) is 0 Å². The Morgan fingerprint density at radius 3 is 1.45 bits per heavy atom. The second-order valence-corrected chi connectivity index (χ2v) is 11.7. The maximum absolute atomic E-state index is 5.98. The number of nitrogens with zero attached hydrogens (tertiary/aromatic N) is 2. The number of aryl methyl sites for hydroxylation is 2. The molecular formula is C39H44N2O. The summed E-state index contributed by atoms with van der Waals surface area (Å²) in [6, 6.07) is 34.6. The molecule has 216 valence electrons. The molecule has 1 heterocycles. The molecule has 0 radical (unpaired) electrons. The summed E-state index contributed by atoms with van der Waals surface area (Å²) < 4.78 is 5.98. The largest absolute Gasteiger partial charge is 0.488 e. The highest BCUT2D eigenvalue weighted by Crippen LogP contribution is 2.37. The standard InChI is InChI=1S/C20H23N.C19H21NO/c1-21(2)15-7-12-20-18-10-5-3-8-16(18)13-14-17-9-4-6-11-19(17)20;1-20(2)13-7-11-17-16-9-4-3-8-15(16)14-21-19-12-6-5-10-18(17)19/h3-6,8-12H,7,13-15H2,1-2H3;3-6,8-12H,7,13-14H2,1-2H3. The summed E-state index contributed by atoms with van der Waals surface area (Å²) in [5, 5.41) is 0. The van der Waals surface area contributed by atoms with Gasteiger partial charge in [-0.3, -0.25) is 0 Å². The molecule has 0 fully saturated rings. The van der Waals surface area contributed by atoms with E-state index in [4.69, 9.17) is 4.74 Å². The number of para-hydroxylation sites is 1. The Balaban J connectivity index is 0.000000168. The summed E-state index contributed by atoms with van der Waals surface area (Å²) >= 11 is 0. The summed E-state index contributed by atoms with van der Waals surface area (Å²) in [5.74, 6) is 0.977. The van der Waals surface area contributed by atoms with Gasteiger partial charge >= 0.3 is 0 Å². The van der Waals surface area contributed by atoms with Crippen molar-refractivity contribution in [3.63, 3.8) is 0 Å². The predicted octanol–water partition coefficient (Wildman–Crippen LogP) is 8.13. The second kappa shape index (κ2) is 14.3. The van der Waals surface area contributed by atoms with Gasteiger partial charge in [0.15, 0.2) is 0 Å². The lowest BCUT2D eigenvalue weighted by atomic mass is 9.93. The molecule has 0 amide bonds. The summed E-state index contributed by atoms with van der Waals surface area (Å²) in [5.41, 5.74) is 12.2. The molecule has 0 saturated carbocycles. The van der Waals surface area contributed by atoms with Crippen molar-refractivity contribution in [1.29, 1.82) is 0 Å². The van der Waals surface area contributed by atoms with Gasteiger partial charge in [0.25, 0.3) is 0 Å². The van der Waals surface area contributed by atoms with E-state index < -0.39 is 0 Å². The van der Waals surface area contributed by atoms with Crippen molar-refractivity contribution in [3.05, 3.63) is 148 Å². The number of hydrogen-bond acceptors (Lipinski definition) is 3. The van der Waals surface area contributed by atoms with Gasteiger partial charge in [0.1, 0.15) is 12.4 Å². The van der Waals surface area contributed by atoms with Gasteiger partial charge < -0.3 is 14.5 Å². The summed E-state index contributed by atoms with van der Waals surface area (Å²) in [4.78, 5) is 4.45. The monoisotopic (exact) mass is 556 g/mol. The topological polar surface area (TPSA) is 15.7 Å². The molecule has 0 atom stereocenters. The highest BCUT2D eigenvalue weighted by atomic mass is 16.5. The van der Waals surface area contributed by atoms with Gasteiger partial charge in [0.2, 0.25) is 0 Å². The fourth-order valence-electron chi connectivity index (χ4n) is 5.82. The van der Waals surface area contributed by atoms with Crippen LogP contribution in [0.15, 0.2) is 109 Å². The maximum Gasteiger partial charge on any atom is 0.127 e. The molecule has 0 aromatic heterocycles. The molecule has 0 bridgehead atoms. The molecule has 3 nitrogen and oxygen atoms in total. The normalized spacial score (nSPS) is 14.4. The fraction of sp³-hybridized carbons (Fsp3) is 0.282. The van der Waals surface area contributed by atoms with Crippen LogP contribution in [0.1, 0.15) is 51.8 Å². The molecule has 0 saturated heterocycles. The number of ether oxygens (including phenoxy) is 1. The first kappa shape index (κ1) is 29.6. The number of fused-ring (bicyclic) bond motifs is 4. The zero-order valence-corrected chi connectivity index (χ0v) is 25.6. The Bertz CT molecular complexity index is 1330. The first-order chi connectivity index (χ1) is 20.5. The minimum atomic E-state index is 0.637. The average Bonchev–Trinajstić information content (AvgIpc) is 3.26. The Kier molecular flexibility index (Phi) is 10.1. The molecule has 0 spiro atoms. The number of hydrogen-bond donors (Lipinski definition) is 0. The van der Waals surface area contributed by atoms with Crippen molar-refractivity contribution in [1.82, 2.24) is 9.80 Å². The minimum absolute atomic E-state index is 0.637. The number of rotatable bonds is 6. The van der Waals surface area contributed by atoms with E-state index in [0.717, 1.165) is 44.5 Å². The van der Waals surface area contributed by atoms with E-state index in [1.807, 2.05) is 6.07 Å². The van der Waals surface area contributed by atoms with E-state index in [2.05, 4.69) is 141 Å². The molecule has 42 heavy (non-hydrogen) atoms. The smallest absolute Gasteiger partial charge is 0.127 e. The van der Waals surface area contributed by atoms with Crippen LogP contribution in [0.4, 0.5) is 0 Å². The fourth-order valence-corrected chi connectivity index (χ4v) is 5.82. The summed E-state index contributed by atoms with van der Waals surface area (Å²) in [6.07, 6.45) is 9.15. The van der Waals surface area contributed by atoms with Crippen LogP contribution >= 0.6 is 0 Å². The van der Waals surface area contributed by atoms with Gasteiger partial charge in [-0.1, -0.05) is 103 Å². The molecule has 4 aromatic rings. The molecule has 3 heteroatoms. The van der Waals surface area contributed by atoms with E-state index in [0.29, 0.717) is 6.61 Å². The third-order valence-corrected chi connectivity index (χ3v) is 8.00. The third-order valence-electron chi connectivity index (χ3n) is 8.00. The van der Waals surface area contributed by atoms with E-state index in [-0.39, 0.29) is 0 Å². The van der Waals surface area contributed by atoms with Crippen LogP contribution in [0.3, 0.4) is 0 Å². The molecule has 4 aromatic carbocycles. The lowest BCUT2D eigenvalue weighted by Gasteiger charge is -2.13. The van der Waals surface area contributed by atoms with Gasteiger partial charge in [0, 0.05) is 18.7 Å². The van der Waals surface area contributed by atoms with Gasteiger partial charge in [-0.05, 0) is 104 Å². The van der Waals surface area contributed by atoms with E-state index >= 15 is 0 Å². The van der Waals surface area contributed by atoms with Crippen molar-refractivity contribution in [2.45, 2.75) is 32.3 Å². The summed E-state index contributed by atoms with van der Waals surface area (Å²) in [6.45, 7) is 2.78. The van der Waals surface area contributed by atoms with Crippen LogP contribution in [0.2, 0.25) is 0 Å². The van der Waals surface area contributed by atoms with E-state index in [9.17, 15) is 0 Å². The third kappa shape index (κ3) is 7.28. The van der Waals surface area contributed by atoms with Gasteiger partial charge in [0.05, 0.1) is 0 Å². The van der Waals surface area contributed by atoms with Crippen molar-refractivity contribution in [3.8, 4) is 5.75 Å². The molecule has 1 aliphatic carbocycles. The van der Waals surface area contributed by atoms with Crippen molar-refractivity contribution in [2.75, 3.05) is 41.3 Å². The SMILES string of the molecule is CN(C)CCC=C1c2ccccc2CCc2ccccc21.CN(C)CCC=C1c2ccccc2COc2ccccc21. The lowest BCUT2D eigenvalue weighted by molar-refractivity contribution is 0.307. The van der Waals surface area contributed by atoms with Crippen LogP contribution in [-0.2, 0) is 19.4 Å². The Labute approximate surface area is 252 Å². The zero-order valence-electron chi connectivity index (χ0n) is 25.6. The Morgan fingerprint density at radius 1 is 0.524 bits per heavy atom.